The molecule has 0 saturated carbocycles. The Morgan fingerprint density at radius 3 is 2.64 bits per heavy atom. The van der Waals surface area contributed by atoms with E-state index in [-0.39, 0.29) is 23.0 Å². The zero-order chi connectivity index (χ0) is 23.1. The quantitative estimate of drug-likeness (QED) is 0.284. The average molecular weight is 477 g/mol. The van der Waals surface area contributed by atoms with Crippen molar-refractivity contribution in [3.05, 3.63) is 105 Å². The summed E-state index contributed by atoms with van der Waals surface area (Å²) in [7, 11) is 0. The molecule has 33 heavy (non-hydrogen) atoms. The van der Waals surface area contributed by atoms with Gasteiger partial charge in [0.25, 0.3) is 0 Å². The number of nitrogens with zero attached hydrogens (tertiary/aromatic N) is 1. The van der Waals surface area contributed by atoms with Crippen LogP contribution in [-0.2, 0) is 0 Å². The van der Waals surface area contributed by atoms with Gasteiger partial charge in [-0.1, -0.05) is 48.0 Å². The van der Waals surface area contributed by atoms with Crippen LogP contribution >= 0.6 is 22.9 Å². The molecule has 0 spiro atoms. The van der Waals surface area contributed by atoms with Crippen molar-refractivity contribution in [2.24, 2.45) is 5.73 Å². The van der Waals surface area contributed by atoms with E-state index in [4.69, 9.17) is 26.8 Å². The van der Waals surface area contributed by atoms with E-state index < -0.39 is 11.9 Å². The summed E-state index contributed by atoms with van der Waals surface area (Å²) in [6, 6.07) is 20.2. The second-order valence-electron chi connectivity index (χ2n) is 7.31. The minimum atomic E-state index is -0.590. The predicted octanol–water partition coefficient (Wildman–Crippen LogP) is 6.13. The molecule has 0 aliphatic carbocycles. The van der Waals surface area contributed by atoms with Gasteiger partial charge in [0.1, 0.15) is 33.8 Å². The van der Waals surface area contributed by atoms with Gasteiger partial charge in [-0.2, -0.15) is 5.26 Å². The molecule has 8 heteroatoms. The number of thiophene rings is 1. The fourth-order valence-electron chi connectivity index (χ4n) is 3.80. The van der Waals surface area contributed by atoms with Gasteiger partial charge in [0.05, 0.1) is 10.9 Å². The molecule has 0 radical (unpaired) electrons. The number of carbonyl (C=O) groups excluding carboxylic acids is 1. The summed E-state index contributed by atoms with van der Waals surface area (Å²) in [5.74, 6) is -1.000. The molecule has 4 aromatic rings. The van der Waals surface area contributed by atoms with Crippen LogP contribution in [-0.4, -0.2) is 5.97 Å². The molecule has 3 aromatic carbocycles. The van der Waals surface area contributed by atoms with Gasteiger partial charge < -0.3 is 15.2 Å². The number of rotatable bonds is 3. The van der Waals surface area contributed by atoms with Crippen molar-refractivity contribution in [1.82, 2.24) is 0 Å². The minimum absolute atomic E-state index is 0.0599. The van der Waals surface area contributed by atoms with E-state index in [0.29, 0.717) is 26.8 Å². The maximum atomic E-state index is 13.4. The lowest BCUT2D eigenvalue weighted by Gasteiger charge is -2.26. The van der Waals surface area contributed by atoms with Crippen molar-refractivity contribution < 1.29 is 18.7 Å². The van der Waals surface area contributed by atoms with Crippen molar-refractivity contribution in [2.75, 3.05) is 0 Å². The number of nitrogens with two attached hydrogens (primary N) is 1. The molecule has 0 bridgehead atoms. The SMILES string of the molecule is N#CC1=C(N)Oc2cc(OC(=O)c3sc4ccccc4c3Cl)ccc2C1c1ccc(F)cc1. The number of benzene rings is 3. The van der Waals surface area contributed by atoms with Crippen molar-refractivity contribution in [2.45, 2.75) is 5.92 Å². The largest absolute Gasteiger partial charge is 0.440 e. The maximum absolute atomic E-state index is 13.4. The lowest BCUT2D eigenvalue weighted by Crippen LogP contribution is -2.21. The Balaban J connectivity index is 1.49. The Bertz CT molecular complexity index is 1490. The molecule has 5 rings (SSSR count). The highest BCUT2D eigenvalue weighted by Crippen LogP contribution is 2.43. The number of hydrogen-bond donors (Lipinski definition) is 1. The van der Waals surface area contributed by atoms with Crippen molar-refractivity contribution in [1.29, 1.82) is 5.26 Å². The minimum Gasteiger partial charge on any atom is -0.440 e. The van der Waals surface area contributed by atoms with Crippen LogP contribution in [0.5, 0.6) is 11.5 Å². The molecule has 162 valence electrons. The second-order valence-corrected chi connectivity index (χ2v) is 8.74. The molecular weight excluding hydrogens is 463 g/mol. The molecular formula is C25H14ClFN2O3S. The molecule has 1 atom stereocenters. The van der Waals surface area contributed by atoms with Crippen LogP contribution in [0, 0.1) is 17.1 Å². The first-order chi connectivity index (χ1) is 16.0. The van der Waals surface area contributed by atoms with Gasteiger partial charge >= 0.3 is 5.97 Å². The Labute approximate surface area is 197 Å². The van der Waals surface area contributed by atoms with E-state index in [2.05, 4.69) is 6.07 Å². The zero-order valence-corrected chi connectivity index (χ0v) is 18.4. The van der Waals surface area contributed by atoms with E-state index in [0.717, 1.165) is 10.1 Å². The molecule has 1 aliphatic rings. The first-order valence-electron chi connectivity index (χ1n) is 9.82. The molecule has 1 unspecified atom stereocenters. The molecule has 0 fully saturated rings. The van der Waals surface area contributed by atoms with Gasteiger partial charge in [-0.15, -0.1) is 11.3 Å². The summed E-state index contributed by atoms with van der Waals surface area (Å²) in [6.45, 7) is 0. The second kappa shape index (κ2) is 8.24. The fourth-order valence-corrected chi connectivity index (χ4v) is 5.18. The van der Waals surface area contributed by atoms with Crippen LogP contribution in [0.4, 0.5) is 4.39 Å². The van der Waals surface area contributed by atoms with Gasteiger partial charge in [-0.3, -0.25) is 0 Å². The van der Waals surface area contributed by atoms with Gasteiger partial charge in [0.15, 0.2) is 0 Å². The van der Waals surface area contributed by atoms with Crippen molar-refractivity contribution in [3.63, 3.8) is 0 Å². The number of fused-ring (bicyclic) bond motifs is 2. The summed E-state index contributed by atoms with van der Waals surface area (Å²) in [6.07, 6.45) is 0. The molecule has 1 aromatic heterocycles. The third-order valence-electron chi connectivity index (χ3n) is 5.32. The van der Waals surface area contributed by atoms with Crippen LogP contribution in [0.1, 0.15) is 26.7 Å². The summed E-state index contributed by atoms with van der Waals surface area (Å²) >= 11 is 7.64. The van der Waals surface area contributed by atoms with E-state index in [9.17, 15) is 14.4 Å². The molecule has 5 nitrogen and oxygen atoms in total. The van der Waals surface area contributed by atoms with Crippen LogP contribution in [0.15, 0.2) is 78.2 Å². The van der Waals surface area contributed by atoms with E-state index in [1.54, 1.807) is 24.3 Å². The number of hydrogen-bond acceptors (Lipinski definition) is 6. The molecule has 2 N–H and O–H groups in total. The molecule has 2 heterocycles. The average Bonchev–Trinajstić information content (AvgIpc) is 3.15. The van der Waals surface area contributed by atoms with E-state index >= 15 is 0 Å². The number of allylic oxidation sites excluding steroid dienone is 1. The summed E-state index contributed by atoms with van der Waals surface area (Å²) in [5.41, 5.74) is 7.55. The third-order valence-corrected chi connectivity index (χ3v) is 6.98. The Morgan fingerprint density at radius 1 is 1.15 bits per heavy atom. The Hall–Kier alpha value is -3.86. The Kier molecular flexibility index (Phi) is 5.25. The van der Waals surface area contributed by atoms with Gasteiger partial charge in [0, 0.05) is 21.7 Å². The monoisotopic (exact) mass is 476 g/mol. The number of nitriles is 1. The van der Waals surface area contributed by atoms with Gasteiger partial charge in [-0.25, -0.2) is 9.18 Å². The zero-order valence-electron chi connectivity index (χ0n) is 16.8. The lowest BCUT2D eigenvalue weighted by atomic mass is 9.83. The van der Waals surface area contributed by atoms with E-state index in [1.165, 1.54) is 29.5 Å². The molecule has 0 saturated heterocycles. The van der Waals surface area contributed by atoms with E-state index in [1.807, 2.05) is 24.3 Å². The fraction of sp³-hybridized carbons (Fsp3) is 0.0400. The predicted molar refractivity (Wildman–Crippen MR) is 124 cm³/mol. The topological polar surface area (TPSA) is 85.3 Å². The number of halogens is 2. The number of esters is 1. The molecule has 0 amide bonds. The van der Waals surface area contributed by atoms with Crippen LogP contribution in [0.25, 0.3) is 10.1 Å². The normalized spacial score (nSPS) is 15.0. The van der Waals surface area contributed by atoms with Gasteiger partial charge in [-0.05, 0) is 29.8 Å². The highest BCUT2D eigenvalue weighted by Gasteiger charge is 2.31. The van der Waals surface area contributed by atoms with Crippen LogP contribution in [0.3, 0.4) is 0 Å². The lowest BCUT2D eigenvalue weighted by molar-refractivity contribution is 0.0740. The first kappa shape index (κ1) is 21.0. The number of ether oxygens (including phenoxy) is 2. The summed E-state index contributed by atoms with van der Waals surface area (Å²) in [5, 5.41) is 10.8. The van der Waals surface area contributed by atoms with Crippen LogP contribution < -0.4 is 15.2 Å². The summed E-state index contributed by atoms with van der Waals surface area (Å²) < 4.78 is 25.5. The molecule has 1 aliphatic heterocycles. The first-order valence-corrected chi connectivity index (χ1v) is 11.0. The summed E-state index contributed by atoms with van der Waals surface area (Å²) in [4.78, 5) is 13.1. The standard InChI is InChI=1S/C25H14ClFN2O3S/c26-22-17-3-1-2-4-20(17)33-23(22)25(30)31-15-9-10-16-19(11-15)32-24(29)18(12-28)21(16)13-5-7-14(27)8-6-13/h1-11,21H,29H2. The highest BCUT2D eigenvalue weighted by atomic mass is 35.5. The highest BCUT2D eigenvalue weighted by molar-refractivity contribution is 7.21. The Morgan fingerprint density at radius 2 is 1.91 bits per heavy atom. The van der Waals surface area contributed by atoms with Gasteiger partial charge in [0.2, 0.25) is 5.88 Å². The number of carbonyl (C=O) groups is 1. The maximum Gasteiger partial charge on any atom is 0.355 e. The van der Waals surface area contributed by atoms with Crippen LogP contribution in [0.2, 0.25) is 5.02 Å². The van der Waals surface area contributed by atoms with Crippen molar-refractivity contribution in [3.8, 4) is 17.6 Å². The third kappa shape index (κ3) is 3.69. The smallest absolute Gasteiger partial charge is 0.355 e. The van der Waals surface area contributed by atoms with Crippen molar-refractivity contribution >= 4 is 39.0 Å².